The first-order valence-corrected chi connectivity index (χ1v) is 16.0. The van der Waals surface area contributed by atoms with E-state index in [1.165, 1.54) is 116 Å². The SMILES string of the molecule is CCCCCCCCCCCCC(=O)OCCC(C)CCCC(C)CCCC(C)CCCC(C)C. The van der Waals surface area contributed by atoms with Gasteiger partial charge < -0.3 is 4.74 Å². The minimum atomic E-state index is 0.0174. The Morgan fingerprint density at radius 2 is 0.914 bits per heavy atom. The van der Waals surface area contributed by atoms with E-state index in [9.17, 15) is 4.79 Å². The van der Waals surface area contributed by atoms with E-state index >= 15 is 0 Å². The first-order chi connectivity index (χ1) is 16.8. The normalized spacial score (nSPS) is 14.3. The van der Waals surface area contributed by atoms with Crippen molar-refractivity contribution in [2.75, 3.05) is 6.61 Å². The third kappa shape index (κ3) is 26.3. The molecule has 0 aliphatic carbocycles. The molecule has 0 aromatic heterocycles. The van der Waals surface area contributed by atoms with Crippen LogP contribution in [0.2, 0.25) is 0 Å². The molecule has 0 aliphatic heterocycles. The second kappa shape index (κ2) is 25.1. The number of carbonyl (C=O) groups excluding carboxylic acids is 1. The van der Waals surface area contributed by atoms with Crippen LogP contribution >= 0.6 is 0 Å². The molecule has 0 amide bonds. The molecule has 0 rings (SSSR count). The van der Waals surface area contributed by atoms with Crippen LogP contribution in [0.3, 0.4) is 0 Å². The van der Waals surface area contributed by atoms with E-state index in [1.807, 2.05) is 0 Å². The number of rotatable bonds is 26. The van der Waals surface area contributed by atoms with Gasteiger partial charge in [-0.05, 0) is 36.5 Å². The molecule has 0 aliphatic rings. The van der Waals surface area contributed by atoms with Gasteiger partial charge in [0.05, 0.1) is 6.61 Å². The first-order valence-electron chi connectivity index (χ1n) is 16.0. The molecule has 0 radical (unpaired) electrons. The Kier molecular flexibility index (Phi) is 24.8. The Hall–Kier alpha value is -0.530. The maximum absolute atomic E-state index is 12.0. The molecule has 0 aromatic rings. The van der Waals surface area contributed by atoms with Gasteiger partial charge in [0.15, 0.2) is 0 Å². The van der Waals surface area contributed by atoms with E-state index in [2.05, 4.69) is 41.5 Å². The Labute approximate surface area is 222 Å². The number of esters is 1. The van der Waals surface area contributed by atoms with Crippen molar-refractivity contribution in [3.05, 3.63) is 0 Å². The van der Waals surface area contributed by atoms with E-state index in [0.29, 0.717) is 18.9 Å². The summed E-state index contributed by atoms with van der Waals surface area (Å²) in [6.07, 6.45) is 27.0. The molecule has 2 nitrogen and oxygen atoms in total. The lowest BCUT2D eigenvalue weighted by Gasteiger charge is -2.16. The van der Waals surface area contributed by atoms with Crippen molar-refractivity contribution in [1.29, 1.82) is 0 Å². The fourth-order valence-corrected chi connectivity index (χ4v) is 5.14. The lowest BCUT2D eigenvalue weighted by atomic mass is 9.91. The zero-order valence-electron chi connectivity index (χ0n) is 25.2. The zero-order chi connectivity index (χ0) is 26.2. The molecule has 3 unspecified atom stereocenters. The zero-order valence-corrected chi connectivity index (χ0v) is 25.2. The Morgan fingerprint density at radius 3 is 1.37 bits per heavy atom. The standard InChI is InChI=1S/C33H66O2/c1-7-8-9-10-11-12-13-14-15-16-26-33(34)35-28-27-32(6)25-19-24-31(5)23-18-22-30(4)21-17-20-29(2)3/h29-32H,7-28H2,1-6H3. The second-order valence-electron chi connectivity index (χ2n) is 12.4. The van der Waals surface area contributed by atoms with Crippen LogP contribution in [-0.2, 0) is 9.53 Å². The first kappa shape index (κ1) is 34.5. The van der Waals surface area contributed by atoms with Gasteiger partial charge in [-0.2, -0.15) is 0 Å². The number of ether oxygens (including phenoxy) is 1. The van der Waals surface area contributed by atoms with Gasteiger partial charge in [-0.25, -0.2) is 0 Å². The molecule has 0 saturated carbocycles. The van der Waals surface area contributed by atoms with Gasteiger partial charge in [0.2, 0.25) is 0 Å². The molecule has 0 heterocycles. The highest BCUT2D eigenvalue weighted by atomic mass is 16.5. The summed E-state index contributed by atoms with van der Waals surface area (Å²) in [4.78, 5) is 12.0. The van der Waals surface area contributed by atoms with Crippen LogP contribution in [0.5, 0.6) is 0 Å². The Bertz CT molecular complexity index is 444. The van der Waals surface area contributed by atoms with Crippen LogP contribution in [0.4, 0.5) is 0 Å². The third-order valence-corrected chi connectivity index (χ3v) is 7.87. The van der Waals surface area contributed by atoms with Crippen molar-refractivity contribution in [1.82, 2.24) is 0 Å². The topological polar surface area (TPSA) is 26.3 Å². The fourth-order valence-electron chi connectivity index (χ4n) is 5.14. The van der Waals surface area contributed by atoms with E-state index in [0.717, 1.165) is 30.6 Å². The van der Waals surface area contributed by atoms with Crippen LogP contribution < -0.4 is 0 Å². The molecular weight excluding hydrogens is 428 g/mol. The highest BCUT2D eigenvalue weighted by Gasteiger charge is 2.09. The fraction of sp³-hybridized carbons (Fsp3) is 0.970. The third-order valence-electron chi connectivity index (χ3n) is 7.87. The quantitative estimate of drug-likeness (QED) is 0.0882. The molecule has 0 aromatic carbocycles. The number of unbranched alkanes of at least 4 members (excludes halogenated alkanes) is 9. The summed E-state index contributed by atoms with van der Waals surface area (Å²) >= 11 is 0. The predicted octanol–water partition coefficient (Wildman–Crippen LogP) is 11.3. The highest BCUT2D eigenvalue weighted by molar-refractivity contribution is 5.69. The van der Waals surface area contributed by atoms with Crippen LogP contribution in [0, 0.1) is 23.7 Å². The number of hydrogen-bond acceptors (Lipinski definition) is 2. The minimum absolute atomic E-state index is 0.0174. The Morgan fingerprint density at radius 1 is 0.514 bits per heavy atom. The van der Waals surface area contributed by atoms with Gasteiger partial charge in [-0.15, -0.1) is 0 Å². The van der Waals surface area contributed by atoms with Crippen LogP contribution in [-0.4, -0.2) is 12.6 Å². The Balaban J connectivity index is 3.50. The second-order valence-corrected chi connectivity index (χ2v) is 12.4. The monoisotopic (exact) mass is 495 g/mol. The van der Waals surface area contributed by atoms with Gasteiger partial charge in [0, 0.05) is 6.42 Å². The summed E-state index contributed by atoms with van der Waals surface area (Å²) in [6.45, 7) is 14.7. The van der Waals surface area contributed by atoms with E-state index in [-0.39, 0.29) is 5.97 Å². The maximum Gasteiger partial charge on any atom is 0.305 e. The maximum atomic E-state index is 12.0. The summed E-state index contributed by atoms with van der Waals surface area (Å²) in [5.74, 6) is 3.28. The van der Waals surface area contributed by atoms with Gasteiger partial charge in [0.25, 0.3) is 0 Å². The summed E-state index contributed by atoms with van der Waals surface area (Å²) in [5, 5.41) is 0. The van der Waals surface area contributed by atoms with Crippen LogP contribution in [0.25, 0.3) is 0 Å². The molecule has 210 valence electrons. The number of hydrogen-bond donors (Lipinski definition) is 0. The van der Waals surface area contributed by atoms with Gasteiger partial charge in [-0.1, -0.05) is 157 Å². The van der Waals surface area contributed by atoms with Gasteiger partial charge in [-0.3, -0.25) is 4.79 Å². The summed E-state index contributed by atoms with van der Waals surface area (Å²) < 4.78 is 5.50. The van der Waals surface area contributed by atoms with Crippen molar-refractivity contribution in [3.8, 4) is 0 Å². The van der Waals surface area contributed by atoms with Crippen molar-refractivity contribution < 1.29 is 9.53 Å². The van der Waals surface area contributed by atoms with E-state index < -0.39 is 0 Å². The van der Waals surface area contributed by atoms with Crippen molar-refractivity contribution in [2.45, 2.75) is 176 Å². The highest BCUT2D eigenvalue weighted by Crippen LogP contribution is 2.22. The molecule has 3 atom stereocenters. The molecule has 0 fully saturated rings. The molecule has 0 spiro atoms. The molecule has 0 N–H and O–H groups in total. The number of carbonyl (C=O) groups is 1. The molecular formula is C33H66O2. The van der Waals surface area contributed by atoms with Crippen LogP contribution in [0.1, 0.15) is 176 Å². The van der Waals surface area contributed by atoms with Gasteiger partial charge >= 0.3 is 5.97 Å². The molecule has 0 bridgehead atoms. The van der Waals surface area contributed by atoms with Gasteiger partial charge in [0.1, 0.15) is 0 Å². The molecule has 2 heteroatoms. The summed E-state index contributed by atoms with van der Waals surface area (Å²) in [7, 11) is 0. The average molecular weight is 495 g/mol. The molecule has 35 heavy (non-hydrogen) atoms. The lowest BCUT2D eigenvalue weighted by molar-refractivity contribution is -0.144. The lowest BCUT2D eigenvalue weighted by Crippen LogP contribution is -2.09. The predicted molar refractivity (Wildman–Crippen MR) is 156 cm³/mol. The van der Waals surface area contributed by atoms with Crippen molar-refractivity contribution in [2.24, 2.45) is 23.7 Å². The smallest absolute Gasteiger partial charge is 0.305 e. The largest absolute Gasteiger partial charge is 0.466 e. The van der Waals surface area contributed by atoms with Crippen LogP contribution in [0.15, 0.2) is 0 Å². The summed E-state index contributed by atoms with van der Waals surface area (Å²) in [6, 6.07) is 0. The minimum Gasteiger partial charge on any atom is -0.466 e. The molecule has 0 saturated heterocycles. The summed E-state index contributed by atoms with van der Waals surface area (Å²) in [5.41, 5.74) is 0. The average Bonchev–Trinajstić information content (AvgIpc) is 2.80. The van der Waals surface area contributed by atoms with E-state index in [4.69, 9.17) is 4.74 Å². The van der Waals surface area contributed by atoms with Crippen molar-refractivity contribution in [3.63, 3.8) is 0 Å². The van der Waals surface area contributed by atoms with Crippen molar-refractivity contribution >= 4 is 5.97 Å². The van der Waals surface area contributed by atoms with E-state index in [1.54, 1.807) is 0 Å².